The molecular weight excluding hydrogens is 439 g/mol. The molecule has 0 saturated carbocycles. The first kappa shape index (κ1) is 22.5. The molecule has 1 aromatic heterocycles. The molecular formula is C20H31IN4O. The van der Waals surface area contributed by atoms with Crippen molar-refractivity contribution in [3.63, 3.8) is 0 Å². The molecule has 2 rings (SSSR count). The number of rotatable bonds is 8. The van der Waals surface area contributed by atoms with Crippen molar-refractivity contribution in [2.75, 3.05) is 20.1 Å². The number of halogens is 1. The number of hydrogen-bond donors (Lipinski definition) is 2. The van der Waals surface area contributed by atoms with Crippen LogP contribution in [0.4, 0.5) is 0 Å². The average molecular weight is 470 g/mol. The highest BCUT2D eigenvalue weighted by molar-refractivity contribution is 14.0. The minimum atomic E-state index is 0. The standard InChI is InChI=1S/C20H30N4O.HI/c1-15(2)6-5-12-22-20(21-4)23-13-11-18-14-25-19(24-18)17-9-7-16(3)8-10-17;/h7-10,14-15H,5-6,11-13H2,1-4H3,(H2,21,22,23);1H. The normalized spacial score (nSPS) is 11.3. The van der Waals surface area contributed by atoms with Gasteiger partial charge in [0.2, 0.25) is 5.89 Å². The molecule has 1 heterocycles. The van der Waals surface area contributed by atoms with Crippen LogP contribution in [0.3, 0.4) is 0 Å². The summed E-state index contributed by atoms with van der Waals surface area (Å²) in [4.78, 5) is 8.81. The van der Waals surface area contributed by atoms with Crippen molar-refractivity contribution in [3.8, 4) is 11.5 Å². The molecule has 2 N–H and O–H groups in total. The molecule has 0 fully saturated rings. The Balaban J connectivity index is 0.00000338. The van der Waals surface area contributed by atoms with E-state index in [1.54, 1.807) is 13.3 Å². The third-order valence-corrected chi connectivity index (χ3v) is 4.00. The van der Waals surface area contributed by atoms with Crippen LogP contribution in [0.1, 0.15) is 37.9 Å². The van der Waals surface area contributed by atoms with E-state index < -0.39 is 0 Å². The maximum atomic E-state index is 5.59. The van der Waals surface area contributed by atoms with E-state index in [4.69, 9.17) is 4.42 Å². The lowest BCUT2D eigenvalue weighted by atomic mass is 10.1. The van der Waals surface area contributed by atoms with Crippen LogP contribution in [0.25, 0.3) is 11.5 Å². The number of oxazole rings is 1. The molecule has 0 atom stereocenters. The molecule has 0 aliphatic heterocycles. The number of hydrogen-bond acceptors (Lipinski definition) is 3. The van der Waals surface area contributed by atoms with E-state index in [9.17, 15) is 0 Å². The van der Waals surface area contributed by atoms with Crippen molar-refractivity contribution in [1.29, 1.82) is 0 Å². The minimum Gasteiger partial charge on any atom is -0.444 e. The fourth-order valence-electron chi connectivity index (χ4n) is 2.50. The van der Waals surface area contributed by atoms with Crippen LogP contribution in [-0.4, -0.2) is 31.1 Å². The number of guanidine groups is 1. The van der Waals surface area contributed by atoms with Crippen LogP contribution in [0.15, 0.2) is 39.9 Å². The molecule has 5 nitrogen and oxygen atoms in total. The molecule has 1 aromatic carbocycles. The SMILES string of the molecule is CN=C(NCCCC(C)C)NCCc1coc(-c2ccc(C)cc2)n1.I. The lowest BCUT2D eigenvalue weighted by molar-refractivity contribution is 0.549. The second-order valence-electron chi connectivity index (χ2n) is 6.72. The van der Waals surface area contributed by atoms with Gasteiger partial charge in [0.1, 0.15) is 6.26 Å². The van der Waals surface area contributed by atoms with Crippen LogP contribution < -0.4 is 10.6 Å². The monoisotopic (exact) mass is 470 g/mol. The van der Waals surface area contributed by atoms with Gasteiger partial charge < -0.3 is 15.1 Å². The summed E-state index contributed by atoms with van der Waals surface area (Å²) in [6, 6.07) is 8.20. The van der Waals surface area contributed by atoms with E-state index in [0.29, 0.717) is 5.89 Å². The number of aromatic nitrogens is 1. The van der Waals surface area contributed by atoms with Crippen molar-refractivity contribution >= 4 is 29.9 Å². The van der Waals surface area contributed by atoms with Crippen molar-refractivity contribution < 1.29 is 4.42 Å². The molecule has 144 valence electrons. The summed E-state index contributed by atoms with van der Waals surface area (Å²) in [7, 11) is 1.80. The smallest absolute Gasteiger partial charge is 0.226 e. The highest BCUT2D eigenvalue weighted by Gasteiger charge is 2.07. The molecule has 26 heavy (non-hydrogen) atoms. The van der Waals surface area contributed by atoms with Crippen LogP contribution in [0, 0.1) is 12.8 Å². The first-order valence-corrected chi connectivity index (χ1v) is 9.04. The van der Waals surface area contributed by atoms with Gasteiger partial charge in [0.15, 0.2) is 5.96 Å². The van der Waals surface area contributed by atoms with E-state index in [0.717, 1.165) is 49.1 Å². The zero-order valence-corrected chi connectivity index (χ0v) is 18.5. The van der Waals surface area contributed by atoms with Gasteiger partial charge in [-0.2, -0.15) is 0 Å². The number of nitrogens with one attached hydrogen (secondary N) is 2. The van der Waals surface area contributed by atoms with Crippen LogP contribution >= 0.6 is 24.0 Å². The first-order valence-electron chi connectivity index (χ1n) is 9.04. The van der Waals surface area contributed by atoms with E-state index >= 15 is 0 Å². The highest BCUT2D eigenvalue weighted by Crippen LogP contribution is 2.19. The van der Waals surface area contributed by atoms with Crippen molar-refractivity contribution in [1.82, 2.24) is 15.6 Å². The molecule has 0 aliphatic carbocycles. The largest absolute Gasteiger partial charge is 0.444 e. The summed E-state index contributed by atoms with van der Waals surface area (Å²) in [6.07, 6.45) is 4.91. The molecule has 0 spiro atoms. The maximum Gasteiger partial charge on any atom is 0.226 e. The molecule has 2 aromatic rings. The Morgan fingerprint density at radius 1 is 1.15 bits per heavy atom. The topological polar surface area (TPSA) is 62.5 Å². The van der Waals surface area contributed by atoms with Gasteiger partial charge in [-0.25, -0.2) is 4.98 Å². The molecule has 6 heteroatoms. The van der Waals surface area contributed by atoms with Gasteiger partial charge in [-0.15, -0.1) is 24.0 Å². The summed E-state index contributed by atoms with van der Waals surface area (Å²) in [5.41, 5.74) is 3.18. The van der Waals surface area contributed by atoms with E-state index in [1.807, 2.05) is 12.1 Å². The van der Waals surface area contributed by atoms with Gasteiger partial charge in [-0.3, -0.25) is 4.99 Å². The Kier molecular flexibility index (Phi) is 10.3. The molecule has 0 aliphatic rings. The van der Waals surface area contributed by atoms with Crippen LogP contribution in [0.5, 0.6) is 0 Å². The van der Waals surface area contributed by atoms with Gasteiger partial charge >= 0.3 is 0 Å². The Morgan fingerprint density at radius 2 is 1.85 bits per heavy atom. The average Bonchev–Trinajstić information content (AvgIpc) is 3.06. The Hall–Kier alpha value is -1.57. The molecule has 0 amide bonds. The van der Waals surface area contributed by atoms with Crippen molar-refractivity contribution in [3.05, 3.63) is 41.8 Å². The van der Waals surface area contributed by atoms with Gasteiger partial charge in [-0.05, 0) is 37.8 Å². The Labute approximate surface area is 174 Å². The summed E-state index contributed by atoms with van der Waals surface area (Å²) in [5, 5.41) is 6.66. The number of aliphatic imine (C=N–C) groups is 1. The predicted octanol–water partition coefficient (Wildman–Crippen LogP) is 4.41. The van der Waals surface area contributed by atoms with Crippen LogP contribution in [0.2, 0.25) is 0 Å². The number of aryl methyl sites for hydroxylation is 1. The Morgan fingerprint density at radius 3 is 2.50 bits per heavy atom. The fraction of sp³-hybridized carbons (Fsp3) is 0.500. The highest BCUT2D eigenvalue weighted by atomic mass is 127. The van der Waals surface area contributed by atoms with Gasteiger partial charge in [0.05, 0.1) is 5.69 Å². The summed E-state index contributed by atoms with van der Waals surface area (Å²) in [5.74, 6) is 2.25. The predicted molar refractivity (Wildman–Crippen MR) is 119 cm³/mol. The van der Waals surface area contributed by atoms with E-state index in [2.05, 4.69) is 53.5 Å². The first-order chi connectivity index (χ1) is 12.1. The fourth-order valence-corrected chi connectivity index (χ4v) is 2.50. The minimum absolute atomic E-state index is 0. The van der Waals surface area contributed by atoms with Gasteiger partial charge in [0, 0.05) is 32.1 Å². The third kappa shape index (κ3) is 7.76. The summed E-state index contributed by atoms with van der Waals surface area (Å²) in [6.45, 7) is 8.27. The number of nitrogens with zero attached hydrogens (tertiary/aromatic N) is 2. The second-order valence-corrected chi connectivity index (χ2v) is 6.72. The summed E-state index contributed by atoms with van der Waals surface area (Å²) < 4.78 is 5.59. The van der Waals surface area contributed by atoms with Crippen LogP contribution in [-0.2, 0) is 6.42 Å². The lowest BCUT2D eigenvalue weighted by Crippen LogP contribution is -2.38. The lowest BCUT2D eigenvalue weighted by Gasteiger charge is -2.11. The summed E-state index contributed by atoms with van der Waals surface area (Å²) >= 11 is 0. The molecule has 0 unspecified atom stereocenters. The molecule has 0 bridgehead atoms. The van der Waals surface area contributed by atoms with Crippen molar-refractivity contribution in [2.45, 2.75) is 40.0 Å². The molecule has 0 saturated heterocycles. The maximum absolute atomic E-state index is 5.59. The van der Waals surface area contributed by atoms with E-state index in [-0.39, 0.29) is 24.0 Å². The number of benzene rings is 1. The van der Waals surface area contributed by atoms with Gasteiger partial charge in [0.25, 0.3) is 0 Å². The Bertz CT molecular complexity index is 665. The van der Waals surface area contributed by atoms with Crippen molar-refractivity contribution in [2.24, 2.45) is 10.9 Å². The quantitative estimate of drug-likeness (QED) is 0.260. The zero-order valence-electron chi connectivity index (χ0n) is 16.2. The van der Waals surface area contributed by atoms with E-state index in [1.165, 1.54) is 12.0 Å². The second kappa shape index (κ2) is 11.9. The third-order valence-electron chi connectivity index (χ3n) is 4.00. The molecule has 0 radical (unpaired) electrons. The van der Waals surface area contributed by atoms with Gasteiger partial charge in [-0.1, -0.05) is 31.5 Å². The zero-order chi connectivity index (χ0) is 18.1.